The average Bonchev–Trinajstić information content (AvgIpc) is 2.83. The lowest BCUT2D eigenvalue weighted by molar-refractivity contribution is -0.126. The second-order valence-electron chi connectivity index (χ2n) is 8.04. The van der Waals surface area contributed by atoms with Crippen LogP contribution < -0.4 is 5.32 Å². The van der Waals surface area contributed by atoms with Gasteiger partial charge in [0.1, 0.15) is 0 Å². The maximum absolute atomic E-state index is 13.1. The SMILES string of the molecule is Cc1ccc(C(=O)N2CCC(C(=O)NC(c3ccccc3)c3ccccn3)CC2)cc1. The van der Waals surface area contributed by atoms with Crippen molar-refractivity contribution >= 4 is 11.8 Å². The highest BCUT2D eigenvalue weighted by molar-refractivity contribution is 5.94. The van der Waals surface area contributed by atoms with Crippen molar-refractivity contribution in [3.63, 3.8) is 0 Å². The van der Waals surface area contributed by atoms with Crippen molar-refractivity contribution in [2.45, 2.75) is 25.8 Å². The molecule has 31 heavy (non-hydrogen) atoms. The van der Waals surface area contributed by atoms with Gasteiger partial charge in [-0.25, -0.2) is 0 Å². The summed E-state index contributed by atoms with van der Waals surface area (Å²) in [6.45, 7) is 3.18. The molecule has 0 radical (unpaired) electrons. The Hall–Kier alpha value is -3.47. The lowest BCUT2D eigenvalue weighted by Gasteiger charge is -2.32. The third-order valence-corrected chi connectivity index (χ3v) is 5.85. The summed E-state index contributed by atoms with van der Waals surface area (Å²) in [7, 11) is 0. The van der Waals surface area contributed by atoms with Gasteiger partial charge in [-0.3, -0.25) is 14.6 Å². The van der Waals surface area contributed by atoms with E-state index in [1.165, 1.54) is 0 Å². The molecule has 1 N–H and O–H groups in total. The largest absolute Gasteiger partial charge is 0.343 e. The first-order valence-electron chi connectivity index (χ1n) is 10.7. The van der Waals surface area contributed by atoms with Crippen molar-refractivity contribution < 1.29 is 9.59 Å². The van der Waals surface area contributed by atoms with E-state index in [4.69, 9.17) is 0 Å². The lowest BCUT2D eigenvalue weighted by atomic mass is 9.94. The van der Waals surface area contributed by atoms with Crippen molar-refractivity contribution in [3.8, 4) is 0 Å². The van der Waals surface area contributed by atoms with Crippen LogP contribution in [0.15, 0.2) is 79.0 Å². The molecule has 1 aromatic heterocycles. The number of likely N-dealkylation sites (tertiary alicyclic amines) is 1. The third kappa shape index (κ3) is 5.00. The van der Waals surface area contributed by atoms with E-state index >= 15 is 0 Å². The van der Waals surface area contributed by atoms with E-state index in [1.807, 2.05) is 84.6 Å². The van der Waals surface area contributed by atoms with Gasteiger partial charge >= 0.3 is 0 Å². The van der Waals surface area contributed by atoms with Crippen molar-refractivity contribution in [3.05, 3.63) is 101 Å². The Labute approximate surface area is 183 Å². The maximum Gasteiger partial charge on any atom is 0.253 e. The van der Waals surface area contributed by atoms with Gasteiger partial charge in [-0.15, -0.1) is 0 Å². The summed E-state index contributed by atoms with van der Waals surface area (Å²) in [4.78, 5) is 32.2. The van der Waals surface area contributed by atoms with Crippen LogP contribution in [0, 0.1) is 12.8 Å². The molecule has 4 rings (SSSR count). The Balaban J connectivity index is 1.40. The number of carbonyl (C=O) groups excluding carboxylic acids is 2. The number of pyridine rings is 1. The van der Waals surface area contributed by atoms with Gasteiger partial charge in [0.15, 0.2) is 0 Å². The second-order valence-corrected chi connectivity index (χ2v) is 8.04. The molecule has 2 heterocycles. The zero-order valence-corrected chi connectivity index (χ0v) is 17.7. The average molecular weight is 414 g/mol. The van der Waals surface area contributed by atoms with Crippen LogP contribution in [0.4, 0.5) is 0 Å². The molecule has 1 atom stereocenters. The van der Waals surface area contributed by atoms with Crippen molar-refractivity contribution in [2.24, 2.45) is 5.92 Å². The number of carbonyl (C=O) groups is 2. The van der Waals surface area contributed by atoms with E-state index in [0.717, 1.165) is 16.8 Å². The summed E-state index contributed by atoms with van der Waals surface area (Å²) in [6, 6.07) is 23.0. The number of hydrogen-bond acceptors (Lipinski definition) is 3. The Kier molecular flexibility index (Phi) is 6.41. The highest BCUT2D eigenvalue weighted by atomic mass is 16.2. The van der Waals surface area contributed by atoms with Gasteiger partial charge in [-0.1, -0.05) is 54.1 Å². The highest BCUT2D eigenvalue weighted by Gasteiger charge is 2.29. The van der Waals surface area contributed by atoms with E-state index in [-0.39, 0.29) is 23.8 Å². The van der Waals surface area contributed by atoms with Gasteiger partial charge < -0.3 is 10.2 Å². The van der Waals surface area contributed by atoms with Crippen LogP contribution in [0.1, 0.15) is 46.1 Å². The highest BCUT2D eigenvalue weighted by Crippen LogP contribution is 2.24. The lowest BCUT2D eigenvalue weighted by Crippen LogP contribution is -2.44. The zero-order valence-electron chi connectivity index (χ0n) is 17.7. The molecule has 158 valence electrons. The molecule has 3 aromatic rings. The van der Waals surface area contributed by atoms with Gasteiger partial charge in [0.2, 0.25) is 5.91 Å². The molecule has 1 aliphatic heterocycles. The molecule has 1 unspecified atom stereocenters. The number of nitrogens with one attached hydrogen (secondary N) is 1. The molecular formula is C26H27N3O2. The maximum atomic E-state index is 13.1. The summed E-state index contributed by atoms with van der Waals surface area (Å²) in [6.07, 6.45) is 3.06. The quantitative estimate of drug-likeness (QED) is 0.684. The first-order valence-corrected chi connectivity index (χ1v) is 10.7. The first kappa shape index (κ1) is 20.8. The third-order valence-electron chi connectivity index (χ3n) is 5.85. The molecule has 5 heteroatoms. The molecule has 1 saturated heterocycles. The molecule has 0 aliphatic carbocycles. The standard InChI is InChI=1S/C26H27N3O2/c1-19-10-12-22(13-11-19)26(31)29-17-14-21(15-18-29)25(30)28-24(20-7-3-2-4-8-20)23-9-5-6-16-27-23/h2-13,16,21,24H,14-15,17-18H2,1H3,(H,28,30). The number of benzene rings is 2. The van der Waals surface area contributed by atoms with Crippen LogP contribution in [-0.4, -0.2) is 34.8 Å². The number of hydrogen-bond donors (Lipinski definition) is 1. The van der Waals surface area contributed by atoms with Gasteiger partial charge in [0, 0.05) is 30.8 Å². The van der Waals surface area contributed by atoms with Gasteiger partial charge in [0.25, 0.3) is 5.91 Å². The Morgan fingerprint density at radius 2 is 1.61 bits per heavy atom. The van der Waals surface area contributed by atoms with Gasteiger partial charge in [-0.2, -0.15) is 0 Å². The molecule has 0 saturated carbocycles. The van der Waals surface area contributed by atoms with Crippen LogP contribution in [0.2, 0.25) is 0 Å². The Morgan fingerprint density at radius 1 is 0.935 bits per heavy atom. The minimum absolute atomic E-state index is 0.0157. The molecule has 2 aromatic carbocycles. The van der Waals surface area contributed by atoms with Crippen molar-refractivity contribution in [1.29, 1.82) is 0 Å². The first-order chi connectivity index (χ1) is 15.1. The summed E-state index contributed by atoms with van der Waals surface area (Å²) >= 11 is 0. The fraction of sp³-hybridized carbons (Fsp3) is 0.269. The van der Waals surface area contributed by atoms with E-state index in [0.29, 0.717) is 31.5 Å². The van der Waals surface area contributed by atoms with Crippen LogP contribution in [0.5, 0.6) is 0 Å². The summed E-state index contributed by atoms with van der Waals surface area (Å²) < 4.78 is 0. The Morgan fingerprint density at radius 3 is 2.26 bits per heavy atom. The van der Waals surface area contributed by atoms with Crippen LogP contribution in [0.25, 0.3) is 0 Å². The van der Waals surface area contributed by atoms with Crippen molar-refractivity contribution in [2.75, 3.05) is 13.1 Å². The number of aromatic nitrogens is 1. The predicted octanol–water partition coefficient (Wildman–Crippen LogP) is 4.15. The molecule has 1 fully saturated rings. The van der Waals surface area contributed by atoms with E-state index in [2.05, 4.69) is 10.3 Å². The fourth-order valence-electron chi connectivity index (χ4n) is 4.00. The number of nitrogens with zero attached hydrogens (tertiary/aromatic N) is 2. The van der Waals surface area contributed by atoms with Crippen LogP contribution in [0.3, 0.4) is 0 Å². The fourth-order valence-corrected chi connectivity index (χ4v) is 4.00. The molecule has 0 spiro atoms. The number of aryl methyl sites for hydroxylation is 1. The second kappa shape index (κ2) is 9.56. The predicted molar refractivity (Wildman–Crippen MR) is 120 cm³/mol. The molecule has 2 amide bonds. The molecule has 5 nitrogen and oxygen atoms in total. The Bertz CT molecular complexity index is 972. The molecule has 0 bridgehead atoms. The van der Waals surface area contributed by atoms with Gasteiger partial charge in [0.05, 0.1) is 11.7 Å². The number of amides is 2. The minimum Gasteiger partial charge on any atom is -0.343 e. The van der Waals surface area contributed by atoms with Crippen molar-refractivity contribution in [1.82, 2.24) is 15.2 Å². The smallest absolute Gasteiger partial charge is 0.253 e. The summed E-state index contributed by atoms with van der Waals surface area (Å²) in [5, 5.41) is 3.20. The summed E-state index contributed by atoms with van der Waals surface area (Å²) in [5.74, 6) is -0.0616. The number of piperidine rings is 1. The molecular weight excluding hydrogens is 386 g/mol. The normalized spacial score (nSPS) is 15.3. The van der Waals surface area contributed by atoms with E-state index in [9.17, 15) is 9.59 Å². The monoisotopic (exact) mass is 413 g/mol. The molecule has 1 aliphatic rings. The minimum atomic E-state index is -0.290. The number of rotatable bonds is 5. The zero-order chi connectivity index (χ0) is 21.6. The van der Waals surface area contributed by atoms with Crippen LogP contribution in [-0.2, 0) is 4.79 Å². The van der Waals surface area contributed by atoms with Crippen LogP contribution >= 0.6 is 0 Å². The van der Waals surface area contributed by atoms with E-state index in [1.54, 1.807) is 6.20 Å². The van der Waals surface area contributed by atoms with E-state index < -0.39 is 0 Å². The topological polar surface area (TPSA) is 62.3 Å². The van der Waals surface area contributed by atoms with Gasteiger partial charge in [-0.05, 0) is 49.6 Å². The summed E-state index contributed by atoms with van der Waals surface area (Å²) in [5.41, 5.74) is 3.65.